The molecule has 0 fully saturated rings. The van der Waals surface area contributed by atoms with E-state index in [0.717, 1.165) is 17.7 Å². The van der Waals surface area contributed by atoms with Crippen LogP contribution in [-0.4, -0.2) is 69.5 Å². The molecule has 1 aliphatic rings. The molecule has 0 aromatic heterocycles. The predicted molar refractivity (Wildman–Crippen MR) is 145 cm³/mol. The lowest BCUT2D eigenvalue weighted by molar-refractivity contribution is -0.135. The summed E-state index contributed by atoms with van der Waals surface area (Å²) in [5.41, 5.74) is 3.73. The van der Waals surface area contributed by atoms with Gasteiger partial charge < -0.3 is 19.7 Å². The molecule has 0 saturated heterocycles. The number of fused-ring (bicyclic) bond motifs is 1. The van der Waals surface area contributed by atoms with Crippen molar-refractivity contribution in [2.45, 2.75) is 64.1 Å². The van der Waals surface area contributed by atoms with Gasteiger partial charge in [-0.05, 0) is 68.0 Å². The molecule has 2 aromatic rings. The fourth-order valence-electron chi connectivity index (χ4n) is 4.37. The minimum atomic E-state index is -3.65. The lowest BCUT2D eigenvalue weighted by Gasteiger charge is -2.33. The quantitative estimate of drug-likeness (QED) is 0.471. The Morgan fingerprint density at radius 3 is 2.43 bits per heavy atom. The number of rotatable bonds is 10. The van der Waals surface area contributed by atoms with Crippen LogP contribution in [0.15, 0.2) is 41.3 Å². The van der Waals surface area contributed by atoms with E-state index in [1.165, 1.54) is 9.87 Å². The molecule has 9 heteroatoms. The molecule has 1 atom stereocenters. The Labute approximate surface area is 222 Å². The summed E-state index contributed by atoms with van der Waals surface area (Å²) in [7, 11) is -0.328. The number of sulfonamides is 1. The van der Waals surface area contributed by atoms with E-state index in [1.54, 1.807) is 32.0 Å². The van der Waals surface area contributed by atoms with Gasteiger partial charge in [-0.3, -0.25) is 4.79 Å². The number of benzene rings is 2. The Morgan fingerprint density at radius 1 is 1.16 bits per heavy atom. The van der Waals surface area contributed by atoms with Crippen LogP contribution >= 0.6 is 0 Å². The van der Waals surface area contributed by atoms with Crippen molar-refractivity contribution < 1.29 is 22.7 Å². The number of hydrogen-bond donors (Lipinski definition) is 1. The molecule has 0 saturated carbocycles. The van der Waals surface area contributed by atoms with Gasteiger partial charge in [-0.2, -0.15) is 4.31 Å². The van der Waals surface area contributed by atoms with Crippen molar-refractivity contribution in [3.63, 3.8) is 0 Å². The average Bonchev–Trinajstić information content (AvgIpc) is 2.83. The monoisotopic (exact) mass is 531 g/mol. The van der Waals surface area contributed by atoms with Crippen molar-refractivity contribution in [3.05, 3.63) is 58.7 Å². The fraction of sp³-hybridized carbons (Fsp3) is 0.536. The molecule has 1 heterocycles. The highest BCUT2D eigenvalue weighted by atomic mass is 32.2. The summed E-state index contributed by atoms with van der Waals surface area (Å²) in [4.78, 5) is 14.5. The molecule has 1 unspecified atom stereocenters. The van der Waals surface area contributed by atoms with Gasteiger partial charge in [0.25, 0.3) is 0 Å². The minimum absolute atomic E-state index is 0.0238. The zero-order chi connectivity index (χ0) is 27.4. The molecule has 3 rings (SSSR count). The number of aryl methyl sites for hydroxylation is 1. The van der Waals surface area contributed by atoms with E-state index in [1.807, 2.05) is 25.1 Å². The Kier molecular flexibility index (Phi) is 9.39. The standard InChI is InChI=1S/C28H41N3O5S/c1-20-14-24(35-7)15-25-21(2)17-31(37(33,34)27(20)25)12-13-36-19-26(32)30(6)18-23-10-8-22(9-11-23)16-29-28(3,4)5/h8-11,14-15,21,29H,12-13,16-19H2,1-7H3. The van der Waals surface area contributed by atoms with Gasteiger partial charge in [0.2, 0.25) is 15.9 Å². The summed E-state index contributed by atoms with van der Waals surface area (Å²) in [6.07, 6.45) is 0. The number of carbonyl (C=O) groups excluding carboxylic acids is 1. The summed E-state index contributed by atoms with van der Waals surface area (Å²) < 4.78 is 38.9. The zero-order valence-electron chi connectivity index (χ0n) is 23.1. The molecule has 0 radical (unpaired) electrons. The number of amides is 1. The van der Waals surface area contributed by atoms with Crippen LogP contribution in [0.4, 0.5) is 0 Å². The number of hydrogen-bond acceptors (Lipinski definition) is 6. The maximum Gasteiger partial charge on any atom is 0.248 e. The SMILES string of the molecule is COc1cc(C)c2c(c1)C(C)CN(CCOCC(=O)N(C)Cc1ccc(CNC(C)(C)C)cc1)S2(=O)=O. The molecular formula is C28H41N3O5S. The molecule has 8 nitrogen and oxygen atoms in total. The number of nitrogens with zero attached hydrogens (tertiary/aromatic N) is 2. The van der Waals surface area contributed by atoms with E-state index in [4.69, 9.17) is 9.47 Å². The van der Waals surface area contributed by atoms with Crippen molar-refractivity contribution in [3.8, 4) is 5.75 Å². The minimum Gasteiger partial charge on any atom is -0.497 e. The molecule has 2 aromatic carbocycles. The van der Waals surface area contributed by atoms with Crippen LogP contribution in [-0.2, 0) is 32.6 Å². The molecule has 1 N–H and O–H groups in total. The van der Waals surface area contributed by atoms with Gasteiger partial charge in [0, 0.05) is 38.8 Å². The largest absolute Gasteiger partial charge is 0.497 e. The normalized spacial score (nSPS) is 17.3. The van der Waals surface area contributed by atoms with Crippen molar-refractivity contribution in [1.29, 1.82) is 0 Å². The number of ether oxygens (including phenoxy) is 2. The van der Waals surface area contributed by atoms with E-state index >= 15 is 0 Å². The van der Waals surface area contributed by atoms with Crippen LogP contribution in [0, 0.1) is 6.92 Å². The highest BCUT2D eigenvalue weighted by Crippen LogP contribution is 2.38. The Balaban J connectivity index is 1.49. The third kappa shape index (κ3) is 7.54. The third-order valence-corrected chi connectivity index (χ3v) is 8.61. The van der Waals surface area contributed by atoms with E-state index in [9.17, 15) is 13.2 Å². The molecule has 0 bridgehead atoms. The van der Waals surface area contributed by atoms with E-state index in [2.05, 4.69) is 38.2 Å². The van der Waals surface area contributed by atoms with Crippen LogP contribution in [0.3, 0.4) is 0 Å². The van der Waals surface area contributed by atoms with Crippen molar-refractivity contribution in [1.82, 2.24) is 14.5 Å². The number of nitrogens with one attached hydrogen (secondary N) is 1. The molecule has 0 spiro atoms. The van der Waals surface area contributed by atoms with Gasteiger partial charge in [0.05, 0.1) is 18.6 Å². The van der Waals surface area contributed by atoms with E-state index in [0.29, 0.717) is 29.3 Å². The Morgan fingerprint density at radius 2 is 1.81 bits per heavy atom. The van der Waals surface area contributed by atoms with Gasteiger partial charge in [-0.1, -0.05) is 31.2 Å². The number of methoxy groups -OCH3 is 1. The van der Waals surface area contributed by atoms with Crippen LogP contribution < -0.4 is 10.1 Å². The maximum absolute atomic E-state index is 13.3. The van der Waals surface area contributed by atoms with Gasteiger partial charge >= 0.3 is 0 Å². The number of carbonyl (C=O) groups is 1. The van der Waals surface area contributed by atoms with Crippen molar-refractivity contribution >= 4 is 15.9 Å². The highest BCUT2D eigenvalue weighted by Gasteiger charge is 2.36. The van der Waals surface area contributed by atoms with Gasteiger partial charge in [-0.15, -0.1) is 0 Å². The van der Waals surface area contributed by atoms with Crippen LogP contribution in [0.25, 0.3) is 0 Å². The first kappa shape index (κ1) is 29.1. The van der Waals surface area contributed by atoms with Gasteiger partial charge in [0.1, 0.15) is 12.4 Å². The summed E-state index contributed by atoms with van der Waals surface area (Å²) in [6, 6.07) is 11.7. The average molecular weight is 532 g/mol. The summed E-state index contributed by atoms with van der Waals surface area (Å²) in [5.74, 6) is 0.531. The molecule has 0 aliphatic carbocycles. The van der Waals surface area contributed by atoms with Crippen molar-refractivity contribution in [2.75, 3.05) is 40.5 Å². The first-order valence-corrected chi connectivity index (χ1v) is 14.1. The lowest BCUT2D eigenvalue weighted by atomic mass is 9.98. The number of likely N-dealkylation sites (N-methyl/N-ethyl adjacent to an activating group) is 1. The fourth-order valence-corrected chi connectivity index (χ4v) is 6.39. The van der Waals surface area contributed by atoms with Crippen LogP contribution in [0.2, 0.25) is 0 Å². The molecule has 204 valence electrons. The molecule has 1 aliphatic heterocycles. The molecule has 37 heavy (non-hydrogen) atoms. The predicted octanol–water partition coefficient (Wildman–Crippen LogP) is 3.67. The highest BCUT2D eigenvalue weighted by molar-refractivity contribution is 7.89. The van der Waals surface area contributed by atoms with Gasteiger partial charge in [-0.25, -0.2) is 8.42 Å². The maximum atomic E-state index is 13.3. The van der Waals surface area contributed by atoms with E-state index in [-0.39, 0.29) is 37.1 Å². The summed E-state index contributed by atoms with van der Waals surface area (Å²) >= 11 is 0. The lowest BCUT2D eigenvalue weighted by Crippen LogP contribution is -2.41. The first-order chi connectivity index (χ1) is 17.3. The van der Waals surface area contributed by atoms with Crippen molar-refractivity contribution in [2.24, 2.45) is 0 Å². The topological polar surface area (TPSA) is 88.2 Å². The second-order valence-corrected chi connectivity index (χ2v) is 12.7. The van der Waals surface area contributed by atoms with Crippen LogP contribution in [0.1, 0.15) is 55.9 Å². The Hall–Kier alpha value is -2.46. The molecular weight excluding hydrogens is 490 g/mol. The summed E-state index contributed by atoms with van der Waals surface area (Å²) in [6.45, 7) is 12.1. The zero-order valence-corrected chi connectivity index (χ0v) is 23.9. The van der Waals surface area contributed by atoms with Gasteiger partial charge in [0.15, 0.2) is 0 Å². The van der Waals surface area contributed by atoms with Crippen LogP contribution in [0.5, 0.6) is 5.75 Å². The second-order valence-electron chi connectivity index (χ2n) is 10.8. The molecule has 1 amide bonds. The Bertz CT molecular complexity index is 1190. The van der Waals surface area contributed by atoms with E-state index < -0.39 is 10.0 Å². The second kappa shape index (κ2) is 11.9. The summed E-state index contributed by atoms with van der Waals surface area (Å²) in [5, 5.41) is 3.46. The first-order valence-electron chi connectivity index (χ1n) is 12.6. The third-order valence-electron chi connectivity index (χ3n) is 6.52. The smallest absolute Gasteiger partial charge is 0.248 e.